The quantitative estimate of drug-likeness (QED) is 0.936. The standard InChI is InChI=1S/C16H22N6/c1-11(2)22-8-4-5-14(22)13-9-15(20-12(3)19-13)21-16-10-17-6-7-18-16/h6-7,9-11,14H,4-5,8H2,1-3H3,(H,18,19,20,21). The Labute approximate surface area is 131 Å². The first-order chi connectivity index (χ1) is 10.6. The molecule has 1 unspecified atom stereocenters. The molecule has 0 radical (unpaired) electrons. The van der Waals surface area contributed by atoms with Gasteiger partial charge in [0.05, 0.1) is 17.9 Å². The molecule has 2 aromatic rings. The zero-order valence-electron chi connectivity index (χ0n) is 13.3. The van der Waals surface area contributed by atoms with Gasteiger partial charge in [0, 0.05) is 24.5 Å². The van der Waals surface area contributed by atoms with Crippen LogP contribution in [0.4, 0.5) is 11.6 Å². The Morgan fingerprint density at radius 1 is 1.23 bits per heavy atom. The summed E-state index contributed by atoms with van der Waals surface area (Å²) >= 11 is 0. The molecule has 0 bridgehead atoms. The smallest absolute Gasteiger partial charge is 0.150 e. The second-order valence-electron chi connectivity index (χ2n) is 5.93. The molecule has 1 N–H and O–H groups in total. The van der Waals surface area contributed by atoms with Gasteiger partial charge in [-0.05, 0) is 40.2 Å². The summed E-state index contributed by atoms with van der Waals surface area (Å²) in [6, 6.07) is 2.94. The monoisotopic (exact) mass is 298 g/mol. The zero-order chi connectivity index (χ0) is 15.5. The van der Waals surface area contributed by atoms with Crippen LogP contribution in [-0.4, -0.2) is 37.4 Å². The Morgan fingerprint density at radius 2 is 2.09 bits per heavy atom. The van der Waals surface area contributed by atoms with Crippen LogP contribution in [0.25, 0.3) is 0 Å². The lowest BCUT2D eigenvalue weighted by molar-refractivity contribution is 0.202. The van der Waals surface area contributed by atoms with E-state index >= 15 is 0 Å². The van der Waals surface area contributed by atoms with E-state index in [1.807, 2.05) is 13.0 Å². The Hall–Kier alpha value is -2.08. The fourth-order valence-electron chi connectivity index (χ4n) is 3.05. The van der Waals surface area contributed by atoms with Crippen LogP contribution in [0.5, 0.6) is 0 Å². The first-order valence-electron chi connectivity index (χ1n) is 7.78. The van der Waals surface area contributed by atoms with Gasteiger partial charge in [-0.3, -0.25) is 9.88 Å². The molecule has 0 amide bonds. The van der Waals surface area contributed by atoms with Gasteiger partial charge in [0.15, 0.2) is 0 Å². The predicted molar refractivity (Wildman–Crippen MR) is 85.9 cm³/mol. The summed E-state index contributed by atoms with van der Waals surface area (Å²) in [5, 5.41) is 3.21. The average molecular weight is 298 g/mol. The van der Waals surface area contributed by atoms with Crippen LogP contribution in [-0.2, 0) is 0 Å². The van der Waals surface area contributed by atoms with Gasteiger partial charge < -0.3 is 5.32 Å². The summed E-state index contributed by atoms with van der Waals surface area (Å²) in [6.45, 7) is 7.55. The molecule has 3 heterocycles. The van der Waals surface area contributed by atoms with Gasteiger partial charge in [0.1, 0.15) is 17.5 Å². The maximum Gasteiger partial charge on any atom is 0.150 e. The van der Waals surface area contributed by atoms with Crippen molar-refractivity contribution in [3.05, 3.63) is 36.2 Å². The van der Waals surface area contributed by atoms with Crippen molar-refractivity contribution in [1.82, 2.24) is 24.8 Å². The summed E-state index contributed by atoms with van der Waals surface area (Å²) in [5.41, 5.74) is 1.09. The fraction of sp³-hybridized carbons (Fsp3) is 0.500. The Bertz CT molecular complexity index is 628. The van der Waals surface area contributed by atoms with Gasteiger partial charge in [0.2, 0.25) is 0 Å². The van der Waals surface area contributed by atoms with Crippen molar-refractivity contribution in [2.75, 3.05) is 11.9 Å². The highest BCUT2D eigenvalue weighted by molar-refractivity contribution is 5.50. The molecule has 0 saturated carbocycles. The third-order valence-electron chi connectivity index (χ3n) is 3.98. The van der Waals surface area contributed by atoms with E-state index < -0.39 is 0 Å². The first kappa shape index (κ1) is 14.8. The van der Waals surface area contributed by atoms with Crippen LogP contribution in [0.1, 0.15) is 44.2 Å². The predicted octanol–water partition coefficient (Wildman–Crippen LogP) is 2.86. The summed E-state index contributed by atoms with van der Waals surface area (Å²) in [4.78, 5) is 19.9. The van der Waals surface area contributed by atoms with Crippen LogP contribution in [0.15, 0.2) is 24.7 Å². The van der Waals surface area contributed by atoms with Gasteiger partial charge in [-0.25, -0.2) is 15.0 Å². The number of likely N-dealkylation sites (tertiary alicyclic amines) is 1. The highest BCUT2D eigenvalue weighted by Gasteiger charge is 2.29. The maximum absolute atomic E-state index is 4.66. The van der Waals surface area contributed by atoms with E-state index in [4.69, 9.17) is 0 Å². The van der Waals surface area contributed by atoms with Gasteiger partial charge in [0.25, 0.3) is 0 Å². The van der Waals surface area contributed by atoms with Gasteiger partial charge >= 0.3 is 0 Å². The molecule has 1 saturated heterocycles. The van der Waals surface area contributed by atoms with Crippen molar-refractivity contribution in [3.8, 4) is 0 Å². The molecule has 1 atom stereocenters. The fourth-order valence-corrected chi connectivity index (χ4v) is 3.05. The minimum atomic E-state index is 0.379. The Morgan fingerprint density at radius 3 is 2.82 bits per heavy atom. The number of rotatable bonds is 4. The van der Waals surface area contributed by atoms with Crippen LogP contribution >= 0.6 is 0 Å². The molecule has 6 nitrogen and oxygen atoms in total. The van der Waals surface area contributed by atoms with Crippen molar-refractivity contribution in [2.24, 2.45) is 0 Å². The molecular formula is C16H22N6. The van der Waals surface area contributed by atoms with Crippen molar-refractivity contribution in [3.63, 3.8) is 0 Å². The third kappa shape index (κ3) is 3.22. The topological polar surface area (TPSA) is 66.8 Å². The van der Waals surface area contributed by atoms with Crippen molar-refractivity contribution >= 4 is 11.6 Å². The Kier molecular flexibility index (Phi) is 4.29. The minimum Gasteiger partial charge on any atom is -0.324 e. The molecule has 6 heteroatoms. The van der Waals surface area contributed by atoms with Gasteiger partial charge in [-0.1, -0.05) is 0 Å². The van der Waals surface area contributed by atoms with Gasteiger partial charge in [-0.2, -0.15) is 0 Å². The molecule has 1 aliphatic heterocycles. The second kappa shape index (κ2) is 6.36. The van der Waals surface area contributed by atoms with Crippen molar-refractivity contribution in [2.45, 2.75) is 45.7 Å². The molecule has 1 fully saturated rings. The third-order valence-corrected chi connectivity index (χ3v) is 3.98. The zero-order valence-corrected chi connectivity index (χ0v) is 13.3. The summed E-state index contributed by atoms with van der Waals surface area (Å²) in [6.07, 6.45) is 7.38. The lowest BCUT2D eigenvalue weighted by atomic mass is 10.1. The number of aromatic nitrogens is 4. The molecule has 0 spiro atoms. The van der Waals surface area contributed by atoms with Crippen LogP contribution in [0.3, 0.4) is 0 Å². The van der Waals surface area contributed by atoms with Crippen LogP contribution < -0.4 is 5.32 Å². The molecule has 3 rings (SSSR count). The second-order valence-corrected chi connectivity index (χ2v) is 5.93. The highest BCUT2D eigenvalue weighted by atomic mass is 15.2. The molecule has 0 aromatic carbocycles. The van der Waals surface area contributed by atoms with Crippen LogP contribution in [0, 0.1) is 6.92 Å². The first-order valence-corrected chi connectivity index (χ1v) is 7.78. The normalized spacial score (nSPS) is 18.8. The van der Waals surface area contributed by atoms with E-state index in [0.717, 1.165) is 30.3 Å². The van der Waals surface area contributed by atoms with E-state index in [1.165, 1.54) is 6.42 Å². The SMILES string of the molecule is Cc1nc(Nc2cnccn2)cc(C2CCCN2C(C)C)n1. The van der Waals surface area contributed by atoms with Crippen molar-refractivity contribution in [1.29, 1.82) is 0 Å². The van der Waals surface area contributed by atoms with E-state index in [-0.39, 0.29) is 0 Å². The minimum absolute atomic E-state index is 0.379. The van der Waals surface area contributed by atoms with E-state index in [2.05, 4.69) is 44.0 Å². The number of hydrogen-bond acceptors (Lipinski definition) is 6. The highest BCUT2D eigenvalue weighted by Crippen LogP contribution is 2.33. The van der Waals surface area contributed by atoms with Crippen LogP contribution in [0.2, 0.25) is 0 Å². The summed E-state index contributed by atoms with van der Waals surface area (Å²) in [7, 11) is 0. The molecule has 1 aliphatic rings. The van der Waals surface area contributed by atoms with Crippen molar-refractivity contribution < 1.29 is 0 Å². The molecule has 116 valence electrons. The van der Waals surface area contributed by atoms with E-state index in [0.29, 0.717) is 17.9 Å². The number of nitrogens with one attached hydrogen (secondary N) is 1. The number of hydrogen-bond donors (Lipinski definition) is 1. The number of aryl methyl sites for hydroxylation is 1. The maximum atomic E-state index is 4.66. The number of anilines is 2. The molecule has 22 heavy (non-hydrogen) atoms. The molecule has 2 aromatic heterocycles. The molecule has 0 aliphatic carbocycles. The Balaban J connectivity index is 1.87. The molecular weight excluding hydrogens is 276 g/mol. The lowest BCUT2D eigenvalue weighted by Crippen LogP contribution is -2.30. The van der Waals surface area contributed by atoms with E-state index in [1.54, 1.807) is 18.6 Å². The van der Waals surface area contributed by atoms with E-state index in [9.17, 15) is 0 Å². The summed E-state index contributed by atoms with van der Waals surface area (Å²) in [5.74, 6) is 2.25. The van der Waals surface area contributed by atoms with Gasteiger partial charge in [-0.15, -0.1) is 0 Å². The summed E-state index contributed by atoms with van der Waals surface area (Å²) < 4.78 is 0. The largest absolute Gasteiger partial charge is 0.324 e. The number of nitrogens with zero attached hydrogens (tertiary/aromatic N) is 5. The average Bonchev–Trinajstić information content (AvgIpc) is 2.97. The lowest BCUT2D eigenvalue weighted by Gasteiger charge is -2.28.